The van der Waals surface area contributed by atoms with Crippen LogP contribution in [0.3, 0.4) is 0 Å². The molecule has 30 heavy (non-hydrogen) atoms. The molecule has 158 valence electrons. The number of hydrogen-bond donors (Lipinski definition) is 2. The van der Waals surface area contributed by atoms with Gasteiger partial charge in [0.25, 0.3) is 0 Å². The summed E-state index contributed by atoms with van der Waals surface area (Å²) >= 11 is 0. The molecule has 0 amide bonds. The minimum atomic E-state index is 0.591. The Bertz CT molecular complexity index is 803. The lowest BCUT2D eigenvalue weighted by atomic mass is 9.90. The van der Waals surface area contributed by atoms with Crippen LogP contribution in [0.15, 0.2) is 72.8 Å². The van der Waals surface area contributed by atoms with Gasteiger partial charge >= 0.3 is 0 Å². The van der Waals surface area contributed by atoms with Crippen LogP contribution < -0.4 is 11.5 Å². The van der Waals surface area contributed by atoms with Crippen LogP contribution in [0.5, 0.6) is 0 Å². The topological polar surface area (TPSA) is 52.0 Å². The lowest BCUT2D eigenvalue weighted by Gasteiger charge is -2.16. The smallest absolute Gasteiger partial charge is 0.0314 e. The van der Waals surface area contributed by atoms with Gasteiger partial charge in [0.1, 0.15) is 0 Å². The lowest BCUT2D eigenvalue weighted by molar-refractivity contribution is 0.625. The highest BCUT2D eigenvalue weighted by Crippen LogP contribution is 2.26. The van der Waals surface area contributed by atoms with Gasteiger partial charge in [-0.1, -0.05) is 62.4 Å². The molecule has 0 aliphatic rings. The van der Waals surface area contributed by atoms with Gasteiger partial charge in [-0.15, -0.1) is 0 Å². The summed E-state index contributed by atoms with van der Waals surface area (Å²) in [6, 6.07) is 25.9. The Balaban J connectivity index is 1.42. The minimum absolute atomic E-state index is 0.591. The van der Waals surface area contributed by atoms with Gasteiger partial charge in [0.15, 0.2) is 0 Å². The normalized spacial score (nSPS) is 13.1. The van der Waals surface area contributed by atoms with Gasteiger partial charge in [-0.05, 0) is 96.9 Å². The highest BCUT2D eigenvalue weighted by molar-refractivity contribution is 5.40. The molecule has 3 aromatic rings. The van der Waals surface area contributed by atoms with Gasteiger partial charge in [-0.3, -0.25) is 0 Å². The van der Waals surface area contributed by atoms with Crippen molar-refractivity contribution in [2.75, 3.05) is 11.5 Å². The fraction of sp³-hybridized carbons (Fsp3) is 0.357. The van der Waals surface area contributed by atoms with Crippen molar-refractivity contribution < 1.29 is 0 Å². The van der Waals surface area contributed by atoms with E-state index in [2.05, 4.69) is 62.4 Å². The van der Waals surface area contributed by atoms with Gasteiger partial charge in [0.05, 0.1) is 0 Å². The van der Waals surface area contributed by atoms with Gasteiger partial charge in [-0.2, -0.15) is 0 Å². The van der Waals surface area contributed by atoms with E-state index < -0.39 is 0 Å². The zero-order valence-corrected chi connectivity index (χ0v) is 18.5. The maximum Gasteiger partial charge on any atom is 0.0314 e. The maximum absolute atomic E-state index is 5.77. The highest BCUT2D eigenvalue weighted by atomic mass is 14.5. The van der Waals surface area contributed by atoms with E-state index in [0.717, 1.165) is 24.2 Å². The van der Waals surface area contributed by atoms with Crippen LogP contribution in [-0.2, 0) is 12.8 Å². The summed E-state index contributed by atoms with van der Waals surface area (Å²) in [4.78, 5) is 0. The standard InChI is InChI=1S/C28H36N2/c1-21(5-3-7-23-9-17-27(29)18-10-23)25-13-15-26(16-14-25)22(2)6-4-8-24-11-19-28(30)20-12-24/h9-22H,3-8,29-30H2,1-2H3. The molecule has 0 bridgehead atoms. The summed E-state index contributed by atoms with van der Waals surface area (Å²) in [5.41, 5.74) is 18.9. The molecule has 0 heterocycles. The predicted molar refractivity (Wildman–Crippen MR) is 131 cm³/mol. The Morgan fingerprint density at radius 2 is 0.867 bits per heavy atom. The van der Waals surface area contributed by atoms with Crippen molar-refractivity contribution in [3.8, 4) is 0 Å². The highest BCUT2D eigenvalue weighted by Gasteiger charge is 2.09. The van der Waals surface area contributed by atoms with Crippen molar-refractivity contribution in [2.24, 2.45) is 0 Å². The molecule has 2 unspecified atom stereocenters. The van der Waals surface area contributed by atoms with Crippen molar-refractivity contribution in [1.82, 2.24) is 0 Å². The summed E-state index contributed by atoms with van der Waals surface area (Å²) in [7, 11) is 0. The third kappa shape index (κ3) is 6.66. The number of nitrogen functional groups attached to an aromatic ring is 2. The summed E-state index contributed by atoms with van der Waals surface area (Å²) in [5.74, 6) is 1.18. The van der Waals surface area contributed by atoms with E-state index in [0.29, 0.717) is 11.8 Å². The van der Waals surface area contributed by atoms with E-state index in [9.17, 15) is 0 Å². The van der Waals surface area contributed by atoms with Crippen molar-refractivity contribution >= 4 is 11.4 Å². The number of rotatable bonds is 10. The molecule has 0 fully saturated rings. The third-order valence-electron chi connectivity index (χ3n) is 6.24. The van der Waals surface area contributed by atoms with Gasteiger partial charge in [0.2, 0.25) is 0 Å². The van der Waals surface area contributed by atoms with Gasteiger partial charge in [0, 0.05) is 11.4 Å². The van der Waals surface area contributed by atoms with Crippen LogP contribution in [0.4, 0.5) is 11.4 Å². The SMILES string of the molecule is CC(CCCc1ccc(N)cc1)c1ccc(C(C)CCCc2ccc(N)cc2)cc1. The number of nitrogens with two attached hydrogens (primary N) is 2. The average Bonchev–Trinajstić information content (AvgIpc) is 2.76. The largest absolute Gasteiger partial charge is 0.399 e. The van der Waals surface area contributed by atoms with E-state index in [1.54, 1.807) is 0 Å². The first-order chi connectivity index (χ1) is 14.5. The first kappa shape index (κ1) is 22.0. The minimum Gasteiger partial charge on any atom is -0.399 e. The molecule has 0 spiro atoms. The van der Waals surface area contributed by atoms with Crippen LogP contribution in [-0.4, -0.2) is 0 Å². The van der Waals surface area contributed by atoms with Crippen molar-refractivity contribution in [3.63, 3.8) is 0 Å². The molecule has 0 radical (unpaired) electrons. The zero-order chi connectivity index (χ0) is 21.3. The molecular formula is C28H36N2. The molecule has 3 rings (SSSR count). The monoisotopic (exact) mass is 400 g/mol. The first-order valence-corrected chi connectivity index (χ1v) is 11.3. The fourth-order valence-corrected chi connectivity index (χ4v) is 4.08. The second-order valence-corrected chi connectivity index (χ2v) is 8.74. The van der Waals surface area contributed by atoms with Gasteiger partial charge in [-0.25, -0.2) is 0 Å². The molecule has 0 saturated carbocycles. The molecule has 2 atom stereocenters. The van der Waals surface area contributed by atoms with Gasteiger partial charge < -0.3 is 11.5 Å². The van der Waals surface area contributed by atoms with Crippen molar-refractivity contribution in [2.45, 2.75) is 64.2 Å². The summed E-state index contributed by atoms with van der Waals surface area (Å²) in [5, 5.41) is 0. The molecule has 0 aliphatic heterocycles. The Morgan fingerprint density at radius 1 is 0.533 bits per heavy atom. The van der Waals surface area contributed by atoms with Crippen molar-refractivity contribution in [1.29, 1.82) is 0 Å². The third-order valence-corrected chi connectivity index (χ3v) is 6.24. The lowest BCUT2D eigenvalue weighted by Crippen LogP contribution is -1.99. The zero-order valence-electron chi connectivity index (χ0n) is 18.5. The number of hydrogen-bond acceptors (Lipinski definition) is 2. The molecule has 2 heteroatoms. The number of benzene rings is 3. The Kier molecular flexibility index (Phi) is 7.96. The van der Waals surface area contributed by atoms with Crippen molar-refractivity contribution in [3.05, 3.63) is 95.1 Å². The Morgan fingerprint density at radius 3 is 1.20 bits per heavy atom. The molecule has 3 aromatic carbocycles. The van der Waals surface area contributed by atoms with E-state index in [4.69, 9.17) is 11.5 Å². The Labute approximate surface area is 182 Å². The van der Waals surface area contributed by atoms with Crippen LogP contribution in [0.2, 0.25) is 0 Å². The quantitative estimate of drug-likeness (QED) is 0.356. The van der Waals surface area contributed by atoms with E-state index in [1.165, 1.54) is 47.9 Å². The maximum atomic E-state index is 5.77. The molecule has 4 N–H and O–H groups in total. The molecule has 0 aliphatic carbocycles. The van der Waals surface area contributed by atoms with Crippen LogP contribution in [0.25, 0.3) is 0 Å². The molecule has 2 nitrogen and oxygen atoms in total. The fourth-order valence-electron chi connectivity index (χ4n) is 4.08. The van der Waals surface area contributed by atoms with Crippen LogP contribution >= 0.6 is 0 Å². The summed E-state index contributed by atoms with van der Waals surface area (Å²) in [6.45, 7) is 4.68. The summed E-state index contributed by atoms with van der Waals surface area (Å²) < 4.78 is 0. The number of anilines is 2. The molecule has 0 aromatic heterocycles. The number of aryl methyl sites for hydroxylation is 2. The second kappa shape index (κ2) is 10.9. The molecule has 0 saturated heterocycles. The molecular weight excluding hydrogens is 364 g/mol. The second-order valence-electron chi connectivity index (χ2n) is 8.74. The summed E-state index contributed by atoms with van der Waals surface area (Å²) in [6.07, 6.45) is 7.06. The predicted octanol–water partition coefficient (Wildman–Crippen LogP) is 7.10. The average molecular weight is 401 g/mol. The Hall–Kier alpha value is -2.74. The van der Waals surface area contributed by atoms with Crippen LogP contribution in [0.1, 0.15) is 73.6 Å². The first-order valence-electron chi connectivity index (χ1n) is 11.3. The van der Waals surface area contributed by atoms with Crippen LogP contribution in [0, 0.1) is 0 Å². The van der Waals surface area contributed by atoms with E-state index in [-0.39, 0.29) is 0 Å². The van der Waals surface area contributed by atoms with E-state index >= 15 is 0 Å². The van der Waals surface area contributed by atoms with E-state index in [1.807, 2.05) is 24.3 Å².